The third kappa shape index (κ3) is 4.53. The summed E-state index contributed by atoms with van der Waals surface area (Å²) in [5, 5.41) is 9.03. The summed E-state index contributed by atoms with van der Waals surface area (Å²) in [6.45, 7) is 2.02. The zero-order valence-corrected chi connectivity index (χ0v) is 19.8. The molecule has 35 heavy (non-hydrogen) atoms. The molecular weight excluding hydrogens is 444 g/mol. The van der Waals surface area contributed by atoms with E-state index in [9.17, 15) is 9.59 Å². The maximum Gasteiger partial charge on any atom is 0.338 e. The second-order valence-electron chi connectivity index (χ2n) is 7.81. The quantitative estimate of drug-likeness (QED) is 0.373. The van der Waals surface area contributed by atoms with Gasteiger partial charge in [0.05, 0.1) is 43.7 Å². The van der Waals surface area contributed by atoms with Gasteiger partial charge in [0, 0.05) is 11.3 Å². The van der Waals surface area contributed by atoms with Crippen molar-refractivity contribution in [3.05, 3.63) is 107 Å². The van der Waals surface area contributed by atoms with Crippen molar-refractivity contribution < 1.29 is 23.8 Å². The molecule has 7 nitrogen and oxygen atoms in total. The van der Waals surface area contributed by atoms with Crippen molar-refractivity contribution >= 4 is 23.3 Å². The first-order chi connectivity index (χ1) is 17.0. The minimum absolute atomic E-state index is 0.106. The van der Waals surface area contributed by atoms with Crippen molar-refractivity contribution in [2.24, 2.45) is 0 Å². The average Bonchev–Trinajstić information content (AvgIpc) is 3.20. The van der Waals surface area contributed by atoms with Crippen molar-refractivity contribution in [3.63, 3.8) is 0 Å². The Morgan fingerprint density at radius 2 is 1.51 bits per heavy atom. The number of ether oxygens (including phenoxy) is 3. The number of rotatable bonds is 8. The van der Waals surface area contributed by atoms with E-state index in [0.717, 1.165) is 5.56 Å². The first-order valence-corrected chi connectivity index (χ1v) is 11.2. The van der Waals surface area contributed by atoms with Crippen LogP contribution in [0.2, 0.25) is 0 Å². The molecule has 0 spiro atoms. The molecule has 0 bridgehead atoms. The minimum Gasteiger partial charge on any atom is -0.497 e. The normalized spacial score (nSPS) is 15.2. The number of nitrogens with one attached hydrogen (secondary N) is 1. The second kappa shape index (κ2) is 10.3. The number of hydrogen-bond acceptors (Lipinski definition) is 6. The van der Waals surface area contributed by atoms with Gasteiger partial charge >= 0.3 is 5.97 Å². The molecule has 0 saturated heterocycles. The molecule has 3 aromatic rings. The summed E-state index contributed by atoms with van der Waals surface area (Å²) < 4.78 is 15.9. The minimum atomic E-state index is -0.596. The lowest BCUT2D eigenvalue weighted by Gasteiger charge is -2.27. The van der Waals surface area contributed by atoms with E-state index in [1.807, 2.05) is 30.3 Å². The van der Waals surface area contributed by atoms with Crippen molar-refractivity contribution in [2.45, 2.75) is 13.0 Å². The highest BCUT2D eigenvalue weighted by molar-refractivity contribution is 6.22. The molecule has 1 atom stereocenters. The summed E-state index contributed by atoms with van der Waals surface area (Å²) in [5.74, 6) is -0.00959. The van der Waals surface area contributed by atoms with Crippen molar-refractivity contribution in [1.82, 2.24) is 0 Å². The Balaban J connectivity index is 1.80. The zero-order chi connectivity index (χ0) is 24.9. The molecule has 1 N–H and O–H groups in total. The maximum atomic E-state index is 13.6. The fourth-order valence-corrected chi connectivity index (χ4v) is 4.15. The molecule has 1 unspecified atom stereocenters. The van der Waals surface area contributed by atoms with Crippen LogP contribution in [-0.4, -0.2) is 38.4 Å². The average molecular weight is 471 g/mol. The SMILES string of the molecule is CCOC(=O)c1ccc(N2C(=O)C(OC)=C(C(=N)c3ccc(OC)cc3)C2c2ccccc2)cc1. The Morgan fingerprint density at radius 3 is 2.09 bits per heavy atom. The van der Waals surface area contributed by atoms with Crippen LogP contribution in [0, 0.1) is 5.41 Å². The van der Waals surface area contributed by atoms with Gasteiger partial charge in [0.2, 0.25) is 0 Å². The molecule has 0 aliphatic carbocycles. The molecule has 1 heterocycles. The first-order valence-electron chi connectivity index (χ1n) is 11.2. The highest BCUT2D eigenvalue weighted by atomic mass is 16.5. The highest BCUT2D eigenvalue weighted by Gasteiger charge is 2.44. The van der Waals surface area contributed by atoms with E-state index in [2.05, 4.69) is 0 Å². The highest BCUT2D eigenvalue weighted by Crippen LogP contribution is 2.42. The third-order valence-corrected chi connectivity index (χ3v) is 5.81. The molecule has 1 amide bonds. The number of methoxy groups -OCH3 is 2. The second-order valence-corrected chi connectivity index (χ2v) is 7.81. The van der Waals surface area contributed by atoms with Gasteiger partial charge in [-0.05, 0) is 61.0 Å². The molecule has 0 aromatic heterocycles. The molecule has 0 radical (unpaired) electrons. The maximum absolute atomic E-state index is 13.6. The van der Waals surface area contributed by atoms with E-state index in [-0.39, 0.29) is 24.0 Å². The number of benzene rings is 3. The lowest BCUT2D eigenvalue weighted by atomic mass is 9.92. The van der Waals surface area contributed by atoms with E-state index in [1.165, 1.54) is 7.11 Å². The van der Waals surface area contributed by atoms with Gasteiger partial charge in [-0.1, -0.05) is 30.3 Å². The number of amides is 1. The van der Waals surface area contributed by atoms with Gasteiger partial charge in [0.25, 0.3) is 5.91 Å². The van der Waals surface area contributed by atoms with E-state index in [4.69, 9.17) is 19.6 Å². The van der Waals surface area contributed by atoms with Crippen LogP contribution < -0.4 is 9.64 Å². The lowest BCUT2D eigenvalue weighted by Crippen LogP contribution is -2.31. The molecule has 0 fully saturated rings. The molecular formula is C28H26N2O5. The predicted molar refractivity (Wildman–Crippen MR) is 133 cm³/mol. The predicted octanol–water partition coefficient (Wildman–Crippen LogP) is 4.93. The largest absolute Gasteiger partial charge is 0.497 e. The fourth-order valence-electron chi connectivity index (χ4n) is 4.15. The number of hydrogen-bond donors (Lipinski definition) is 1. The van der Waals surface area contributed by atoms with Crippen molar-refractivity contribution in [2.75, 3.05) is 25.7 Å². The van der Waals surface area contributed by atoms with Gasteiger partial charge < -0.3 is 14.2 Å². The summed E-state index contributed by atoms with van der Waals surface area (Å²) in [7, 11) is 3.02. The molecule has 7 heteroatoms. The lowest BCUT2D eigenvalue weighted by molar-refractivity contribution is -0.117. The Kier molecular flexibility index (Phi) is 6.96. The van der Waals surface area contributed by atoms with Crippen LogP contribution in [0.4, 0.5) is 5.69 Å². The fraction of sp³-hybridized carbons (Fsp3) is 0.179. The van der Waals surface area contributed by atoms with E-state index >= 15 is 0 Å². The third-order valence-electron chi connectivity index (χ3n) is 5.81. The summed E-state index contributed by atoms with van der Waals surface area (Å²) in [6, 6.07) is 22.7. The summed E-state index contributed by atoms with van der Waals surface area (Å²) in [4.78, 5) is 27.3. The Bertz CT molecular complexity index is 1260. The smallest absolute Gasteiger partial charge is 0.338 e. The van der Waals surface area contributed by atoms with Crippen LogP contribution in [0.3, 0.4) is 0 Å². The summed E-state index contributed by atoms with van der Waals surface area (Å²) >= 11 is 0. The van der Waals surface area contributed by atoms with Gasteiger partial charge in [0.15, 0.2) is 5.76 Å². The van der Waals surface area contributed by atoms with Crippen LogP contribution >= 0.6 is 0 Å². The Hall–Kier alpha value is -4.39. The molecule has 0 saturated carbocycles. The van der Waals surface area contributed by atoms with Crippen LogP contribution in [0.15, 0.2) is 90.2 Å². The number of anilines is 1. The van der Waals surface area contributed by atoms with Gasteiger partial charge in [-0.2, -0.15) is 0 Å². The standard InChI is InChI=1S/C28H26N2O5/c1-4-35-28(32)20-10-14-21(15-11-20)30-25(19-8-6-5-7-9-19)23(26(34-3)27(30)31)24(29)18-12-16-22(33-2)17-13-18/h5-17,25,29H,4H2,1-3H3. The topological polar surface area (TPSA) is 88.9 Å². The van der Waals surface area contributed by atoms with Crippen LogP contribution in [0.1, 0.15) is 34.5 Å². The van der Waals surface area contributed by atoms with Crippen LogP contribution in [-0.2, 0) is 14.3 Å². The number of carbonyl (C=O) groups excluding carboxylic acids is 2. The van der Waals surface area contributed by atoms with Crippen LogP contribution in [0.5, 0.6) is 5.75 Å². The molecule has 1 aliphatic rings. The van der Waals surface area contributed by atoms with Gasteiger partial charge in [0.1, 0.15) is 5.75 Å². The first kappa shape index (κ1) is 23.8. The van der Waals surface area contributed by atoms with Crippen molar-refractivity contribution in [1.29, 1.82) is 5.41 Å². The summed E-state index contributed by atoms with van der Waals surface area (Å²) in [5.41, 5.74) is 3.06. The number of carbonyl (C=O) groups is 2. The van der Waals surface area contributed by atoms with E-state index < -0.39 is 12.0 Å². The van der Waals surface area contributed by atoms with Gasteiger partial charge in [-0.3, -0.25) is 15.1 Å². The van der Waals surface area contributed by atoms with E-state index in [0.29, 0.717) is 28.1 Å². The van der Waals surface area contributed by atoms with Crippen LogP contribution in [0.25, 0.3) is 0 Å². The Labute approximate surface area is 204 Å². The molecule has 1 aliphatic heterocycles. The van der Waals surface area contributed by atoms with Gasteiger partial charge in [-0.15, -0.1) is 0 Å². The van der Waals surface area contributed by atoms with E-state index in [1.54, 1.807) is 67.5 Å². The zero-order valence-electron chi connectivity index (χ0n) is 19.8. The van der Waals surface area contributed by atoms with Gasteiger partial charge in [-0.25, -0.2) is 4.79 Å². The molecule has 4 rings (SSSR count). The molecule has 3 aromatic carbocycles. The number of nitrogens with zero attached hydrogens (tertiary/aromatic N) is 1. The van der Waals surface area contributed by atoms with Crippen molar-refractivity contribution in [3.8, 4) is 5.75 Å². The number of esters is 1. The molecule has 178 valence electrons. The Morgan fingerprint density at radius 1 is 0.886 bits per heavy atom. The summed E-state index contributed by atoms with van der Waals surface area (Å²) in [6.07, 6.45) is 0. The monoisotopic (exact) mass is 470 g/mol.